The van der Waals surface area contributed by atoms with Gasteiger partial charge >= 0.3 is 0 Å². The molecule has 21 heavy (non-hydrogen) atoms. The largest absolute Gasteiger partial charge is 0.497 e. The second-order valence-corrected chi connectivity index (χ2v) is 4.83. The molecule has 4 nitrogen and oxygen atoms in total. The van der Waals surface area contributed by atoms with Crippen LogP contribution in [0.15, 0.2) is 48.5 Å². The number of Topliss-reactive ketones (excluding diaryl/α,β-unsaturated/α-hetero) is 1. The second kappa shape index (κ2) is 5.58. The summed E-state index contributed by atoms with van der Waals surface area (Å²) in [6.45, 7) is 0. The van der Waals surface area contributed by atoms with Gasteiger partial charge < -0.3 is 14.2 Å². The summed E-state index contributed by atoms with van der Waals surface area (Å²) in [7, 11) is 3.11. The van der Waals surface area contributed by atoms with Gasteiger partial charge in [-0.15, -0.1) is 0 Å². The molecule has 0 amide bonds. The number of benzene rings is 2. The zero-order chi connectivity index (χ0) is 14.8. The predicted octanol–water partition coefficient (Wildman–Crippen LogP) is 3.03. The fraction of sp³-hybridized carbons (Fsp3) is 0.235. The summed E-state index contributed by atoms with van der Waals surface area (Å²) in [5.41, 5.74) is 1.43. The minimum Gasteiger partial charge on any atom is -0.497 e. The van der Waals surface area contributed by atoms with Crippen molar-refractivity contribution in [2.75, 3.05) is 14.2 Å². The second-order valence-electron chi connectivity index (χ2n) is 4.83. The first-order chi connectivity index (χ1) is 10.2. The van der Waals surface area contributed by atoms with Gasteiger partial charge in [0.2, 0.25) is 0 Å². The highest BCUT2D eigenvalue weighted by Gasteiger charge is 2.38. The molecule has 2 unspecified atom stereocenters. The van der Waals surface area contributed by atoms with E-state index < -0.39 is 12.2 Å². The van der Waals surface area contributed by atoms with Crippen molar-refractivity contribution in [3.05, 3.63) is 59.7 Å². The molecule has 0 radical (unpaired) electrons. The smallest absolute Gasteiger partial charge is 0.199 e. The molecule has 0 aromatic heterocycles. The van der Waals surface area contributed by atoms with Crippen LogP contribution >= 0.6 is 0 Å². The lowest BCUT2D eigenvalue weighted by atomic mass is 9.93. The van der Waals surface area contributed by atoms with Gasteiger partial charge in [-0.3, -0.25) is 4.79 Å². The molecule has 2 aromatic rings. The molecular weight excluding hydrogens is 268 g/mol. The molecule has 0 spiro atoms. The van der Waals surface area contributed by atoms with E-state index >= 15 is 0 Å². The number of hydrogen-bond acceptors (Lipinski definition) is 4. The number of ether oxygens (including phenoxy) is 3. The van der Waals surface area contributed by atoms with E-state index in [4.69, 9.17) is 14.2 Å². The Morgan fingerprint density at radius 1 is 1.05 bits per heavy atom. The Balaban J connectivity index is 2.05. The topological polar surface area (TPSA) is 44.8 Å². The summed E-state index contributed by atoms with van der Waals surface area (Å²) in [6.07, 6.45) is -1.10. The molecule has 0 saturated carbocycles. The maximum Gasteiger partial charge on any atom is 0.199 e. The number of rotatable bonds is 3. The number of methoxy groups -OCH3 is 2. The van der Waals surface area contributed by atoms with Crippen molar-refractivity contribution in [3.63, 3.8) is 0 Å². The standard InChI is InChI=1S/C17H16O4/c1-19-12-8-9-13-14(10-12)21-16(17(20-2)15(13)18)11-6-4-3-5-7-11/h3-10,16-17H,1-2H3. The number of carbonyl (C=O) groups is 1. The van der Waals surface area contributed by atoms with E-state index in [1.54, 1.807) is 25.3 Å². The quantitative estimate of drug-likeness (QED) is 0.869. The van der Waals surface area contributed by atoms with Gasteiger partial charge in [0.05, 0.1) is 12.7 Å². The number of hydrogen-bond donors (Lipinski definition) is 0. The zero-order valence-electron chi connectivity index (χ0n) is 11.9. The summed E-state index contributed by atoms with van der Waals surface area (Å²) in [5, 5.41) is 0. The lowest BCUT2D eigenvalue weighted by Crippen LogP contribution is -2.37. The molecule has 4 heteroatoms. The van der Waals surface area contributed by atoms with Crippen molar-refractivity contribution in [2.24, 2.45) is 0 Å². The van der Waals surface area contributed by atoms with E-state index in [9.17, 15) is 4.79 Å². The van der Waals surface area contributed by atoms with E-state index in [1.807, 2.05) is 30.3 Å². The molecule has 108 valence electrons. The molecule has 1 aliphatic rings. The number of carbonyl (C=O) groups excluding carboxylic acids is 1. The summed E-state index contributed by atoms with van der Waals surface area (Å²) in [6, 6.07) is 14.8. The van der Waals surface area contributed by atoms with Gasteiger partial charge in [0.15, 0.2) is 18.0 Å². The molecular formula is C17H16O4. The Morgan fingerprint density at radius 3 is 2.48 bits per heavy atom. The van der Waals surface area contributed by atoms with E-state index in [1.165, 1.54) is 7.11 Å². The molecule has 0 saturated heterocycles. The third-order valence-electron chi connectivity index (χ3n) is 3.62. The van der Waals surface area contributed by atoms with Crippen LogP contribution in [-0.4, -0.2) is 26.1 Å². The molecule has 0 aliphatic carbocycles. The van der Waals surface area contributed by atoms with Crippen molar-refractivity contribution < 1.29 is 19.0 Å². The first-order valence-corrected chi connectivity index (χ1v) is 6.71. The molecule has 2 atom stereocenters. The first-order valence-electron chi connectivity index (χ1n) is 6.71. The van der Waals surface area contributed by atoms with Gasteiger partial charge in [0.25, 0.3) is 0 Å². The maximum absolute atomic E-state index is 12.6. The molecule has 3 rings (SSSR count). The molecule has 0 bridgehead atoms. The van der Waals surface area contributed by atoms with Crippen LogP contribution in [0.1, 0.15) is 22.0 Å². The van der Waals surface area contributed by atoms with Crippen LogP contribution in [0.25, 0.3) is 0 Å². The Kier molecular flexibility index (Phi) is 3.62. The third-order valence-corrected chi connectivity index (χ3v) is 3.62. The van der Waals surface area contributed by atoms with Gasteiger partial charge in [-0.2, -0.15) is 0 Å². The third kappa shape index (κ3) is 2.38. The van der Waals surface area contributed by atoms with Crippen molar-refractivity contribution in [1.29, 1.82) is 0 Å². The van der Waals surface area contributed by atoms with E-state index in [0.29, 0.717) is 17.1 Å². The summed E-state index contributed by atoms with van der Waals surface area (Å²) < 4.78 is 16.6. The highest BCUT2D eigenvalue weighted by molar-refractivity contribution is 6.03. The Morgan fingerprint density at radius 2 is 1.81 bits per heavy atom. The molecule has 2 aromatic carbocycles. The molecule has 0 N–H and O–H groups in total. The van der Waals surface area contributed by atoms with E-state index in [2.05, 4.69) is 0 Å². The zero-order valence-corrected chi connectivity index (χ0v) is 11.9. The van der Waals surface area contributed by atoms with Crippen molar-refractivity contribution in [1.82, 2.24) is 0 Å². The predicted molar refractivity (Wildman–Crippen MR) is 77.9 cm³/mol. The molecule has 1 aliphatic heterocycles. The van der Waals surface area contributed by atoms with Crippen LogP contribution in [0.4, 0.5) is 0 Å². The first kappa shape index (κ1) is 13.6. The van der Waals surface area contributed by atoms with Gasteiger partial charge in [-0.25, -0.2) is 0 Å². The number of ketones is 1. The highest BCUT2D eigenvalue weighted by atomic mass is 16.5. The fourth-order valence-corrected chi connectivity index (χ4v) is 2.54. The van der Waals surface area contributed by atoms with E-state index in [0.717, 1.165) is 5.56 Å². The van der Waals surface area contributed by atoms with Crippen LogP contribution < -0.4 is 9.47 Å². The van der Waals surface area contributed by atoms with Crippen LogP contribution in [0.3, 0.4) is 0 Å². The summed E-state index contributed by atoms with van der Waals surface area (Å²) in [4.78, 5) is 12.6. The Hall–Kier alpha value is -2.33. The van der Waals surface area contributed by atoms with Crippen molar-refractivity contribution in [2.45, 2.75) is 12.2 Å². The van der Waals surface area contributed by atoms with Crippen LogP contribution in [0.5, 0.6) is 11.5 Å². The highest BCUT2D eigenvalue weighted by Crippen LogP contribution is 2.38. The average molecular weight is 284 g/mol. The monoisotopic (exact) mass is 284 g/mol. The normalized spacial score (nSPS) is 20.6. The average Bonchev–Trinajstić information content (AvgIpc) is 2.55. The Labute approximate surface area is 123 Å². The van der Waals surface area contributed by atoms with Crippen molar-refractivity contribution in [3.8, 4) is 11.5 Å². The van der Waals surface area contributed by atoms with Gasteiger partial charge in [0.1, 0.15) is 11.5 Å². The van der Waals surface area contributed by atoms with Crippen LogP contribution in [0.2, 0.25) is 0 Å². The van der Waals surface area contributed by atoms with Gasteiger partial charge in [-0.1, -0.05) is 30.3 Å². The Bertz CT molecular complexity index is 651. The SMILES string of the molecule is COc1ccc2c(c1)OC(c1ccccc1)C(OC)C2=O. The van der Waals surface area contributed by atoms with Gasteiger partial charge in [0, 0.05) is 13.2 Å². The van der Waals surface area contributed by atoms with Crippen molar-refractivity contribution >= 4 is 5.78 Å². The lowest BCUT2D eigenvalue weighted by molar-refractivity contribution is -0.000683. The molecule has 0 fully saturated rings. The lowest BCUT2D eigenvalue weighted by Gasteiger charge is -2.32. The van der Waals surface area contributed by atoms with Gasteiger partial charge in [-0.05, 0) is 17.7 Å². The maximum atomic E-state index is 12.6. The summed E-state index contributed by atoms with van der Waals surface area (Å²) in [5.74, 6) is 1.11. The minimum absolute atomic E-state index is 0.0738. The van der Waals surface area contributed by atoms with E-state index in [-0.39, 0.29) is 5.78 Å². The minimum atomic E-state index is -0.645. The fourth-order valence-electron chi connectivity index (χ4n) is 2.54. The number of fused-ring (bicyclic) bond motifs is 1. The van der Waals surface area contributed by atoms with Crippen LogP contribution in [-0.2, 0) is 4.74 Å². The molecule has 1 heterocycles. The summed E-state index contributed by atoms with van der Waals surface area (Å²) >= 11 is 0. The van der Waals surface area contributed by atoms with Crippen LogP contribution in [0, 0.1) is 0 Å².